The quantitative estimate of drug-likeness (QED) is 0.357. The number of aromatic nitrogens is 3. The summed E-state index contributed by atoms with van der Waals surface area (Å²) in [5.74, 6) is 1.45. The summed E-state index contributed by atoms with van der Waals surface area (Å²) in [6, 6.07) is 17.6. The average Bonchev–Trinajstić information content (AvgIpc) is 3.31. The van der Waals surface area contributed by atoms with Gasteiger partial charge in [-0.15, -0.1) is 0 Å². The third kappa shape index (κ3) is 4.94. The van der Waals surface area contributed by atoms with Crippen LogP contribution in [0.4, 0.5) is 0 Å². The predicted octanol–water partition coefficient (Wildman–Crippen LogP) is 4.27. The predicted molar refractivity (Wildman–Crippen MR) is 136 cm³/mol. The van der Waals surface area contributed by atoms with Gasteiger partial charge in [0.15, 0.2) is 0 Å². The SMILES string of the molecule is COCCOc1cc(COc2ccc(-c3c(-c4ccncc4)nn4c3C(=O)NCC4)cc2)ccc1C. The number of nitrogens with zero attached hydrogens (tertiary/aromatic N) is 3. The molecule has 2 aromatic heterocycles. The maximum Gasteiger partial charge on any atom is 0.270 e. The van der Waals surface area contributed by atoms with Crippen LogP contribution in [0.2, 0.25) is 0 Å². The smallest absolute Gasteiger partial charge is 0.270 e. The zero-order valence-electron chi connectivity index (χ0n) is 20.4. The molecule has 0 saturated carbocycles. The van der Waals surface area contributed by atoms with E-state index in [-0.39, 0.29) is 5.91 Å². The summed E-state index contributed by atoms with van der Waals surface area (Å²) >= 11 is 0. The number of rotatable bonds is 9. The number of methoxy groups -OCH3 is 1. The number of pyridine rings is 1. The highest BCUT2D eigenvalue weighted by Crippen LogP contribution is 2.36. The van der Waals surface area contributed by atoms with Crippen LogP contribution >= 0.6 is 0 Å². The minimum atomic E-state index is -0.118. The van der Waals surface area contributed by atoms with E-state index in [9.17, 15) is 4.79 Å². The van der Waals surface area contributed by atoms with E-state index in [1.54, 1.807) is 24.2 Å². The Labute approximate surface area is 209 Å². The number of hydrogen-bond donors (Lipinski definition) is 1. The molecule has 0 spiro atoms. The largest absolute Gasteiger partial charge is 0.491 e. The van der Waals surface area contributed by atoms with Crippen molar-refractivity contribution in [2.75, 3.05) is 26.9 Å². The lowest BCUT2D eigenvalue weighted by molar-refractivity contribution is 0.0925. The van der Waals surface area contributed by atoms with E-state index in [0.717, 1.165) is 45.0 Å². The van der Waals surface area contributed by atoms with Gasteiger partial charge in [-0.3, -0.25) is 14.5 Å². The summed E-state index contributed by atoms with van der Waals surface area (Å²) in [4.78, 5) is 16.9. The van der Waals surface area contributed by atoms with Crippen molar-refractivity contribution in [1.29, 1.82) is 0 Å². The number of nitrogens with one attached hydrogen (secondary N) is 1. The fourth-order valence-corrected chi connectivity index (χ4v) is 4.21. The van der Waals surface area contributed by atoms with E-state index in [0.29, 0.717) is 38.6 Å². The Morgan fingerprint density at radius 3 is 2.56 bits per heavy atom. The molecule has 0 atom stereocenters. The van der Waals surface area contributed by atoms with Crippen molar-refractivity contribution in [3.05, 3.63) is 83.8 Å². The van der Waals surface area contributed by atoms with E-state index in [1.165, 1.54) is 0 Å². The Balaban J connectivity index is 1.37. The Hall–Kier alpha value is -4.17. The van der Waals surface area contributed by atoms with Gasteiger partial charge < -0.3 is 19.5 Å². The van der Waals surface area contributed by atoms with E-state index in [4.69, 9.17) is 19.3 Å². The molecular formula is C28H28N4O4. The van der Waals surface area contributed by atoms with Crippen LogP contribution in [0, 0.1) is 6.92 Å². The molecule has 1 aliphatic heterocycles. The second kappa shape index (κ2) is 10.6. The second-order valence-corrected chi connectivity index (χ2v) is 8.54. The van der Waals surface area contributed by atoms with Crippen molar-refractivity contribution >= 4 is 5.91 Å². The number of carbonyl (C=O) groups is 1. The van der Waals surface area contributed by atoms with Crippen LogP contribution in [0.25, 0.3) is 22.4 Å². The van der Waals surface area contributed by atoms with E-state index < -0.39 is 0 Å². The summed E-state index contributed by atoms with van der Waals surface area (Å²) < 4.78 is 18.7. The number of amides is 1. The molecule has 8 nitrogen and oxygen atoms in total. The molecule has 2 aromatic carbocycles. The highest BCUT2D eigenvalue weighted by molar-refractivity contribution is 6.03. The molecule has 184 valence electrons. The summed E-state index contributed by atoms with van der Waals surface area (Å²) in [6.07, 6.45) is 3.46. The van der Waals surface area contributed by atoms with Gasteiger partial charge in [-0.1, -0.05) is 24.3 Å². The van der Waals surface area contributed by atoms with Crippen LogP contribution in [-0.4, -0.2) is 47.5 Å². The van der Waals surface area contributed by atoms with Gasteiger partial charge >= 0.3 is 0 Å². The normalized spacial score (nSPS) is 12.7. The maximum atomic E-state index is 12.8. The molecule has 36 heavy (non-hydrogen) atoms. The van der Waals surface area contributed by atoms with E-state index in [2.05, 4.69) is 10.3 Å². The topological polar surface area (TPSA) is 87.5 Å². The zero-order chi connectivity index (χ0) is 24.9. The first kappa shape index (κ1) is 23.6. The summed E-state index contributed by atoms with van der Waals surface area (Å²) in [5, 5.41) is 7.70. The molecule has 1 amide bonds. The minimum absolute atomic E-state index is 0.118. The van der Waals surface area contributed by atoms with Crippen molar-refractivity contribution in [3.8, 4) is 33.9 Å². The van der Waals surface area contributed by atoms with Gasteiger partial charge in [-0.2, -0.15) is 5.10 Å². The van der Waals surface area contributed by atoms with Crippen LogP contribution in [0.1, 0.15) is 21.6 Å². The lowest BCUT2D eigenvalue weighted by atomic mass is 9.98. The molecule has 0 aliphatic carbocycles. The monoisotopic (exact) mass is 484 g/mol. The summed E-state index contributed by atoms with van der Waals surface area (Å²) in [7, 11) is 1.66. The third-order valence-corrected chi connectivity index (χ3v) is 6.08. The fraction of sp³-hybridized carbons (Fsp3) is 0.250. The molecule has 0 saturated heterocycles. The van der Waals surface area contributed by atoms with Gasteiger partial charge in [0.25, 0.3) is 5.91 Å². The lowest BCUT2D eigenvalue weighted by Crippen LogP contribution is -2.35. The number of carbonyl (C=O) groups excluding carboxylic acids is 1. The minimum Gasteiger partial charge on any atom is -0.491 e. The average molecular weight is 485 g/mol. The Bertz CT molecular complexity index is 1350. The first-order valence-corrected chi connectivity index (χ1v) is 11.9. The zero-order valence-corrected chi connectivity index (χ0v) is 20.4. The number of benzene rings is 2. The van der Waals surface area contributed by atoms with Crippen LogP contribution in [0.15, 0.2) is 67.0 Å². The molecular weight excluding hydrogens is 456 g/mol. The van der Waals surface area contributed by atoms with Crippen molar-refractivity contribution in [2.45, 2.75) is 20.1 Å². The van der Waals surface area contributed by atoms with Crippen molar-refractivity contribution in [3.63, 3.8) is 0 Å². The van der Waals surface area contributed by atoms with E-state index >= 15 is 0 Å². The van der Waals surface area contributed by atoms with Crippen LogP contribution in [-0.2, 0) is 17.9 Å². The number of hydrogen-bond acceptors (Lipinski definition) is 6. The van der Waals surface area contributed by atoms with Crippen molar-refractivity contribution in [2.24, 2.45) is 0 Å². The van der Waals surface area contributed by atoms with Gasteiger partial charge in [0.1, 0.15) is 36.1 Å². The van der Waals surface area contributed by atoms with Crippen LogP contribution in [0.5, 0.6) is 11.5 Å². The fourth-order valence-electron chi connectivity index (χ4n) is 4.21. The molecule has 3 heterocycles. The lowest BCUT2D eigenvalue weighted by Gasteiger charge is -2.15. The summed E-state index contributed by atoms with van der Waals surface area (Å²) in [5.41, 5.74) is 6.04. The van der Waals surface area contributed by atoms with Crippen LogP contribution in [0.3, 0.4) is 0 Å². The first-order chi connectivity index (χ1) is 17.6. The Morgan fingerprint density at radius 2 is 1.78 bits per heavy atom. The highest BCUT2D eigenvalue weighted by Gasteiger charge is 2.27. The molecule has 0 unspecified atom stereocenters. The third-order valence-electron chi connectivity index (χ3n) is 6.08. The molecule has 5 rings (SSSR count). The van der Waals surface area contributed by atoms with Crippen LogP contribution < -0.4 is 14.8 Å². The first-order valence-electron chi connectivity index (χ1n) is 11.9. The molecule has 1 aliphatic rings. The molecule has 0 fully saturated rings. The van der Waals surface area contributed by atoms with Gasteiger partial charge in [-0.25, -0.2) is 0 Å². The Kier molecular flexibility index (Phi) is 6.95. The highest BCUT2D eigenvalue weighted by atomic mass is 16.5. The van der Waals surface area contributed by atoms with Gasteiger partial charge in [0.2, 0.25) is 0 Å². The van der Waals surface area contributed by atoms with Gasteiger partial charge in [0, 0.05) is 37.2 Å². The number of aryl methyl sites for hydroxylation is 1. The maximum absolute atomic E-state index is 12.8. The Morgan fingerprint density at radius 1 is 0.972 bits per heavy atom. The number of ether oxygens (including phenoxy) is 3. The summed E-state index contributed by atoms with van der Waals surface area (Å²) in [6.45, 7) is 4.66. The number of fused-ring (bicyclic) bond motifs is 1. The van der Waals surface area contributed by atoms with Gasteiger partial charge in [-0.05, 0) is 53.9 Å². The molecule has 0 radical (unpaired) electrons. The molecule has 8 heteroatoms. The molecule has 1 N–H and O–H groups in total. The molecule has 4 aromatic rings. The van der Waals surface area contributed by atoms with Gasteiger partial charge in [0.05, 0.1) is 13.2 Å². The second-order valence-electron chi connectivity index (χ2n) is 8.54. The van der Waals surface area contributed by atoms with E-state index in [1.807, 2.05) is 61.5 Å². The van der Waals surface area contributed by atoms with Crippen molar-refractivity contribution in [1.82, 2.24) is 20.1 Å². The standard InChI is InChI=1S/C28H28N4O4/c1-19-3-4-20(17-24(19)35-16-15-34-2)18-36-23-7-5-21(6-8-23)25-26(22-9-11-29-12-10-22)31-32-14-13-30-28(33)27(25)32/h3-12,17H,13-16,18H2,1-2H3,(H,30,33). The molecule has 0 bridgehead atoms. The van der Waals surface area contributed by atoms with Crippen molar-refractivity contribution < 1.29 is 19.0 Å².